The normalized spacial score (nSPS) is 18.9. The smallest absolute Gasteiger partial charge is 0.322 e. The fourth-order valence-corrected chi connectivity index (χ4v) is 5.57. The van der Waals surface area contributed by atoms with Gasteiger partial charge in [0.15, 0.2) is 0 Å². The number of rotatable bonds is 6. The number of hydrogen-bond acceptors (Lipinski definition) is 4. The van der Waals surface area contributed by atoms with Crippen molar-refractivity contribution in [2.45, 2.75) is 29.7 Å². The Bertz CT molecular complexity index is 1450. The fraction of sp³-hybridized carbons (Fsp3) is 0.200. The van der Waals surface area contributed by atoms with E-state index >= 15 is 0 Å². The molecule has 0 aliphatic heterocycles. The number of hydrogen-bond donors (Lipinski definition) is 2. The minimum atomic E-state index is -4.26. The van der Waals surface area contributed by atoms with Crippen molar-refractivity contribution in [2.24, 2.45) is 0 Å². The molecule has 3 aromatic rings. The number of halogens is 3. The summed E-state index contributed by atoms with van der Waals surface area (Å²) >= 11 is 6.04. The van der Waals surface area contributed by atoms with E-state index in [2.05, 4.69) is 5.32 Å². The highest BCUT2D eigenvalue weighted by molar-refractivity contribution is 7.90. The zero-order chi connectivity index (χ0) is 26.3. The Hall–Kier alpha value is -3.50. The van der Waals surface area contributed by atoms with E-state index in [1.807, 2.05) is 4.72 Å². The van der Waals surface area contributed by atoms with Gasteiger partial charge in [0.25, 0.3) is 15.9 Å². The molecule has 0 spiro atoms. The van der Waals surface area contributed by atoms with Gasteiger partial charge in [-0.3, -0.25) is 4.79 Å². The van der Waals surface area contributed by atoms with Gasteiger partial charge in [-0.15, -0.1) is 0 Å². The molecule has 36 heavy (non-hydrogen) atoms. The Balaban J connectivity index is 1.65. The molecule has 3 aromatic carbocycles. The standard InChI is InChI=1S/C25H22ClF2N3O4S/c1-15-6-3-4-9-22(15)36(34,35)30-24(33)29-25(14-21(25)16-10-18(27)13-19(28)11-16)23(32)31(2)20-8-5-7-17(26)12-20/h3-13,21H,14H2,1-2H3,(H2,29,30,33)/t21?,25-/m0/s1. The molecular weight excluding hydrogens is 512 g/mol. The molecule has 0 bridgehead atoms. The third-order valence-electron chi connectivity index (χ3n) is 6.08. The van der Waals surface area contributed by atoms with Crippen molar-refractivity contribution in [3.63, 3.8) is 0 Å². The van der Waals surface area contributed by atoms with Gasteiger partial charge in [0, 0.05) is 29.7 Å². The molecule has 7 nitrogen and oxygen atoms in total. The van der Waals surface area contributed by atoms with Crippen LogP contribution in [-0.2, 0) is 14.8 Å². The number of anilines is 1. The molecule has 2 atom stereocenters. The van der Waals surface area contributed by atoms with Gasteiger partial charge < -0.3 is 10.2 Å². The number of aryl methyl sites for hydroxylation is 1. The van der Waals surface area contributed by atoms with Crippen LogP contribution >= 0.6 is 11.6 Å². The summed E-state index contributed by atoms with van der Waals surface area (Å²) in [5, 5.41) is 2.84. The predicted octanol–water partition coefficient (Wildman–Crippen LogP) is 4.50. The Morgan fingerprint density at radius 3 is 2.33 bits per heavy atom. The number of likely N-dealkylation sites (N-methyl/N-ethyl adjacent to an activating group) is 1. The number of sulfonamides is 1. The third kappa shape index (κ3) is 5.05. The van der Waals surface area contributed by atoms with E-state index in [0.29, 0.717) is 22.3 Å². The molecule has 0 aromatic heterocycles. The van der Waals surface area contributed by atoms with Gasteiger partial charge >= 0.3 is 6.03 Å². The quantitative estimate of drug-likeness (QED) is 0.487. The van der Waals surface area contributed by atoms with Crippen LogP contribution in [0.25, 0.3) is 0 Å². The minimum Gasteiger partial charge on any atom is -0.322 e. The summed E-state index contributed by atoms with van der Waals surface area (Å²) in [7, 11) is -2.80. The SMILES string of the molecule is Cc1ccccc1S(=O)(=O)NC(=O)N[C@@]1(C(=O)N(C)c2cccc(Cl)c2)CC1c1cc(F)cc(F)c1. The van der Waals surface area contributed by atoms with Crippen molar-refractivity contribution in [1.82, 2.24) is 10.0 Å². The summed E-state index contributed by atoms with van der Waals surface area (Å²) in [6.45, 7) is 1.58. The summed E-state index contributed by atoms with van der Waals surface area (Å²) in [6, 6.07) is 14.2. The lowest BCUT2D eigenvalue weighted by Gasteiger charge is -2.26. The van der Waals surface area contributed by atoms with Crippen LogP contribution in [0.4, 0.5) is 19.3 Å². The maximum atomic E-state index is 13.9. The topological polar surface area (TPSA) is 95.6 Å². The van der Waals surface area contributed by atoms with Gasteiger partial charge in [0.05, 0.1) is 4.90 Å². The monoisotopic (exact) mass is 533 g/mol. The van der Waals surface area contributed by atoms with Gasteiger partial charge in [-0.05, 0) is 60.9 Å². The Morgan fingerprint density at radius 1 is 1.03 bits per heavy atom. The molecular formula is C25H22ClF2N3O4S. The van der Waals surface area contributed by atoms with Crippen LogP contribution in [0, 0.1) is 18.6 Å². The van der Waals surface area contributed by atoms with E-state index in [1.54, 1.807) is 37.3 Å². The lowest BCUT2D eigenvalue weighted by molar-refractivity contribution is -0.121. The zero-order valence-corrected chi connectivity index (χ0v) is 20.8. The van der Waals surface area contributed by atoms with Crippen molar-refractivity contribution in [3.8, 4) is 0 Å². The number of urea groups is 1. The van der Waals surface area contributed by atoms with Gasteiger partial charge in [0.1, 0.15) is 17.2 Å². The van der Waals surface area contributed by atoms with E-state index in [-0.39, 0.29) is 16.9 Å². The first-order valence-electron chi connectivity index (χ1n) is 10.8. The summed E-state index contributed by atoms with van der Waals surface area (Å²) in [4.78, 5) is 27.7. The first-order chi connectivity index (χ1) is 16.9. The Morgan fingerprint density at radius 2 is 1.69 bits per heavy atom. The molecule has 1 aliphatic rings. The number of carbonyl (C=O) groups is 2. The molecule has 0 heterocycles. The molecule has 3 amide bonds. The van der Waals surface area contributed by atoms with Crippen molar-refractivity contribution < 1.29 is 26.8 Å². The van der Waals surface area contributed by atoms with Gasteiger partial charge in [0.2, 0.25) is 0 Å². The Labute approximate surface area is 212 Å². The second-order valence-electron chi connectivity index (χ2n) is 8.60. The van der Waals surface area contributed by atoms with Crippen LogP contribution in [0.2, 0.25) is 5.02 Å². The van der Waals surface area contributed by atoms with Crippen LogP contribution in [0.15, 0.2) is 71.6 Å². The molecule has 1 aliphatic carbocycles. The first kappa shape index (κ1) is 25.6. The highest BCUT2D eigenvalue weighted by Crippen LogP contribution is 2.53. The highest BCUT2D eigenvalue weighted by atomic mass is 35.5. The van der Waals surface area contributed by atoms with Crippen LogP contribution in [0.1, 0.15) is 23.5 Å². The van der Waals surface area contributed by atoms with Crippen LogP contribution in [-0.4, -0.2) is 32.9 Å². The van der Waals surface area contributed by atoms with Gasteiger partial charge in [-0.2, -0.15) is 0 Å². The van der Waals surface area contributed by atoms with E-state index in [9.17, 15) is 26.8 Å². The zero-order valence-electron chi connectivity index (χ0n) is 19.3. The average molecular weight is 534 g/mol. The first-order valence-corrected chi connectivity index (χ1v) is 12.7. The van der Waals surface area contributed by atoms with Crippen LogP contribution < -0.4 is 14.9 Å². The molecule has 4 rings (SSSR count). The van der Waals surface area contributed by atoms with Crippen molar-refractivity contribution in [2.75, 3.05) is 11.9 Å². The second kappa shape index (κ2) is 9.51. The minimum absolute atomic E-state index is 0.00252. The number of amides is 3. The largest absolute Gasteiger partial charge is 0.329 e. The number of nitrogens with one attached hydrogen (secondary N) is 2. The second-order valence-corrected chi connectivity index (χ2v) is 10.7. The van der Waals surface area contributed by atoms with E-state index in [0.717, 1.165) is 12.1 Å². The summed E-state index contributed by atoms with van der Waals surface area (Å²) < 4.78 is 55.4. The van der Waals surface area contributed by atoms with Crippen LogP contribution in [0.5, 0.6) is 0 Å². The number of nitrogens with zero attached hydrogens (tertiary/aromatic N) is 1. The van der Waals surface area contributed by atoms with E-state index < -0.39 is 45.1 Å². The molecule has 188 valence electrons. The molecule has 2 N–H and O–H groups in total. The lowest BCUT2D eigenvalue weighted by Crippen LogP contribution is -2.54. The van der Waals surface area contributed by atoms with Gasteiger partial charge in [-0.25, -0.2) is 26.7 Å². The average Bonchev–Trinajstić information content (AvgIpc) is 3.52. The summed E-state index contributed by atoms with van der Waals surface area (Å²) in [5.41, 5.74) is -0.660. The Kier molecular flexibility index (Phi) is 6.76. The number of benzene rings is 3. The highest BCUT2D eigenvalue weighted by Gasteiger charge is 2.63. The van der Waals surface area contributed by atoms with E-state index in [4.69, 9.17) is 11.6 Å². The van der Waals surface area contributed by atoms with Crippen molar-refractivity contribution in [3.05, 3.63) is 94.5 Å². The lowest BCUT2D eigenvalue weighted by atomic mass is 10.0. The molecule has 1 saturated carbocycles. The molecule has 1 unspecified atom stereocenters. The maximum absolute atomic E-state index is 13.9. The molecule has 0 radical (unpaired) electrons. The molecule has 11 heteroatoms. The molecule has 1 fully saturated rings. The van der Waals surface area contributed by atoms with Crippen molar-refractivity contribution in [1.29, 1.82) is 0 Å². The number of carbonyl (C=O) groups excluding carboxylic acids is 2. The third-order valence-corrected chi connectivity index (χ3v) is 7.80. The molecule has 0 saturated heterocycles. The fourth-order valence-electron chi connectivity index (χ4n) is 4.23. The van der Waals surface area contributed by atoms with Crippen molar-refractivity contribution >= 4 is 39.2 Å². The predicted molar refractivity (Wildman–Crippen MR) is 131 cm³/mol. The van der Waals surface area contributed by atoms with Gasteiger partial charge in [-0.1, -0.05) is 35.9 Å². The summed E-state index contributed by atoms with van der Waals surface area (Å²) in [5.74, 6) is -3.09. The summed E-state index contributed by atoms with van der Waals surface area (Å²) in [6.07, 6.45) is -0.00252. The maximum Gasteiger partial charge on any atom is 0.329 e. The van der Waals surface area contributed by atoms with E-state index in [1.165, 1.54) is 30.1 Å². The van der Waals surface area contributed by atoms with Crippen LogP contribution in [0.3, 0.4) is 0 Å².